The van der Waals surface area contributed by atoms with Crippen molar-refractivity contribution >= 4 is 39.5 Å². The third-order valence-corrected chi connectivity index (χ3v) is 18.9. The second kappa shape index (κ2) is 82.9. The van der Waals surface area contributed by atoms with Gasteiger partial charge in [-0.25, -0.2) is 9.13 Å². The molecule has 634 valence electrons. The number of hydrogen-bond donors (Lipinski definition) is 3. The fraction of sp³-hybridized carbons (Fsp3) is 0.613. The Kier molecular flexibility index (Phi) is 78.4. The number of esters is 4. The smallest absolute Gasteiger partial charge is 0.462 e. The lowest BCUT2D eigenvalue weighted by atomic mass is 10.1. The van der Waals surface area contributed by atoms with Gasteiger partial charge in [0, 0.05) is 25.7 Å². The van der Waals surface area contributed by atoms with Gasteiger partial charge in [0.15, 0.2) is 12.2 Å². The molecule has 0 radical (unpaired) electrons. The average molecular weight is 1600 g/mol. The lowest BCUT2D eigenvalue weighted by Crippen LogP contribution is -2.30. The number of hydrogen-bond acceptors (Lipinski definition) is 15. The summed E-state index contributed by atoms with van der Waals surface area (Å²) in [5, 5.41) is 10.7. The zero-order valence-electron chi connectivity index (χ0n) is 69.5. The summed E-state index contributed by atoms with van der Waals surface area (Å²) in [6, 6.07) is 0. The van der Waals surface area contributed by atoms with E-state index in [1.54, 1.807) is 0 Å². The molecule has 0 saturated heterocycles. The normalized spacial score (nSPS) is 14.7. The van der Waals surface area contributed by atoms with Crippen LogP contribution in [0.4, 0.5) is 0 Å². The molecule has 3 N–H and O–H groups in total. The molecule has 0 heterocycles. The average Bonchev–Trinajstić information content (AvgIpc) is 0.908. The molecule has 0 saturated carbocycles. The lowest BCUT2D eigenvalue weighted by Gasteiger charge is -2.21. The Balaban J connectivity index is 5.55. The minimum atomic E-state index is -5.02. The topological polar surface area (TPSA) is 237 Å². The molecule has 0 aliphatic heterocycles. The number of rotatable bonds is 78. The fourth-order valence-electron chi connectivity index (χ4n) is 10.6. The number of carbonyl (C=O) groups excluding carboxylic acids is 4. The minimum Gasteiger partial charge on any atom is -0.462 e. The number of allylic oxidation sites excluding steroid dienone is 32. The molecular formula is C93H150O17P2. The van der Waals surface area contributed by atoms with Crippen molar-refractivity contribution < 1.29 is 80.2 Å². The number of phosphoric acid groups is 2. The molecule has 0 amide bonds. The predicted octanol–water partition coefficient (Wildman–Crippen LogP) is 25.7. The van der Waals surface area contributed by atoms with Crippen LogP contribution in [0.3, 0.4) is 0 Å². The highest BCUT2D eigenvalue weighted by atomic mass is 31.2. The quantitative estimate of drug-likeness (QED) is 0.0169. The van der Waals surface area contributed by atoms with Gasteiger partial charge in [0.05, 0.1) is 26.4 Å². The Morgan fingerprint density at radius 3 is 0.804 bits per heavy atom. The molecule has 17 nitrogen and oxygen atoms in total. The van der Waals surface area contributed by atoms with Crippen LogP contribution >= 0.6 is 15.6 Å². The monoisotopic (exact) mass is 1600 g/mol. The maximum atomic E-state index is 13.1. The van der Waals surface area contributed by atoms with E-state index < -0.39 is 97.5 Å². The van der Waals surface area contributed by atoms with Gasteiger partial charge in [-0.05, 0) is 180 Å². The molecule has 19 heteroatoms. The Morgan fingerprint density at radius 1 is 0.259 bits per heavy atom. The molecule has 5 atom stereocenters. The largest absolute Gasteiger partial charge is 0.472 e. The van der Waals surface area contributed by atoms with Crippen LogP contribution in [-0.4, -0.2) is 96.7 Å². The molecule has 0 rings (SSSR count). The summed E-state index contributed by atoms with van der Waals surface area (Å²) in [5.74, 6) is -2.37. The standard InChI is InChI=1S/C93H150O17P2/c1-5-9-13-17-21-25-29-33-37-40-43-46-50-54-58-62-66-70-74-78-91(96)104-84-89(110-93(98)80-76-72-68-64-60-56-52-48-45-42-39-35-31-27-23-19-15-11-7-3)86-108-112(101,102)106-82-87(94)81-105-111(99,100)107-85-88(83-103-90(95)77-73-69-65-61-57-53-49-36-32-28-24-20-16-12-8-4)109-92(97)79-75-71-67-63-59-55-51-47-44-41-38-34-30-26-22-18-14-10-6-2/h9-10,13-14,21-23,25-27,33-39,43-49,54-56,58-60,68,72,87-89,94H,5-8,11-12,15-20,24,28-32,40-42,50-53,57,61-67,69-71,73-86H2,1-4H3,(H,99,100)(H,101,102)/b13-9-,14-10-,25-21-,26-22-,27-23-,37-33-,38-34-,39-35-,46-43-,47-44-,48-45-,49-36-,58-54-,59-55-,60-56-,72-68-/t87-,88+,89+/m0/s1. The first-order chi connectivity index (χ1) is 54.7. The van der Waals surface area contributed by atoms with E-state index in [1.165, 1.54) is 57.8 Å². The zero-order chi connectivity index (χ0) is 81.7. The van der Waals surface area contributed by atoms with E-state index in [4.69, 9.17) is 37.0 Å². The van der Waals surface area contributed by atoms with Crippen LogP contribution in [0.25, 0.3) is 0 Å². The van der Waals surface area contributed by atoms with Crippen LogP contribution in [-0.2, 0) is 65.4 Å². The number of unbranched alkanes of at least 4 members (excludes halogenated alkanes) is 20. The van der Waals surface area contributed by atoms with Gasteiger partial charge in [-0.1, -0.05) is 299 Å². The van der Waals surface area contributed by atoms with Gasteiger partial charge in [0.25, 0.3) is 0 Å². The Hall–Kier alpha value is -6.10. The first-order valence-corrected chi connectivity index (χ1v) is 45.7. The highest BCUT2D eigenvalue weighted by Gasteiger charge is 2.30. The zero-order valence-corrected chi connectivity index (χ0v) is 71.3. The number of aliphatic hydroxyl groups excluding tert-OH is 1. The Labute approximate surface area is 678 Å². The lowest BCUT2D eigenvalue weighted by molar-refractivity contribution is -0.161. The van der Waals surface area contributed by atoms with E-state index in [9.17, 15) is 43.2 Å². The summed E-state index contributed by atoms with van der Waals surface area (Å²) in [7, 11) is -10.0. The highest BCUT2D eigenvalue weighted by Crippen LogP contribution is 2.45. The molecule has 0 fully saturated rings. The van der Waals surface area contributed by atoms with Crippen LogP contribution in [0, 0.1) is 0 Å². The van der Waals surface area contributed by atoms with Crippen molar-refractivity contribution in [3.63, 3.8) is 0 Å². The van der Waals surface area contributed by atoms with E-state index in [1.807, 2.05) is 18.2 Å². The van der Waals surface area contributed by atoms with Crippen molar-refractivity contribution in [1.82, 2.24) is 0 Å². The maximum Gasteiger partial charge on any atom is 0.472 e. The van der Waals surface area contributed by atoms with Crippen LogP contribution in [0.2, 0.25) is 0 Å². The maximum absolute atomic E-state index is 13.1. The molecule has 0 aromatic heterocycles. The van der Waals surface area contributed by atoms with Crippen molar-refractivity contribution in [3.8, 4) is 0 Å². The number of ether oxygens (including phenoxy) is 4. The predicted molar refractivity (Wildman–Crippen MR) is 463 cm³/mol. The summed E-state index contributed by atoms with van der Waals surface area (Å²) in [6.45, 7) is 4.44. The van der Waals surface area contributed by atoms with Crippen molar-refractivity contribution in [3.05, 3.63) is 194 Å². The fourth-order valence-corrected chi connectivity index (χ4v) is 12.2. The van der Waals surface area contributed by atoms with Crippen LogP contribution in [0.15, 0.2) is 194 Å². The molecule has 0 aliphatic carbocycles. The molecule has 0 bridgehead atoms. The van der Waals surface area contributed by atoms with Gasteiger partial charge in [0.2, 0.25) is 0 Å². The Morgan fingerprint density at radius 2 is 0.482 bits per heavy atom. The van der Waals surface area contributed by atoms with Gasteiger partial charge in [-0.3, -0.25) is 37.3 Å². The van der Waals surface area contributed by atoms with Gasteiger partial charge in [-0.2, -0.15) is 0 Å². The van der Waals surface area contributed by atoms with Crippen molar-refractivity contribution in [2.75, 3.05) is 39.6 Å². The molecule has 0 aromatic rings. The highest BCUT2D eigenvalue weighted by molar-refractivity contribution is 7.47. The van der Waals surface area contributed by atoms with E-state index >= 15 is 0 Å². The first kappa shape index (κ1) is 106. The van der Waals surface area contributed by atoms with Gasteiger partial charge in [0.1, 0.15) is 19.3 Å². The van der Waals surface area contributed by atoms with Crippen LogP contribution < -0.4 is 0 Å². The van der Waals surface area contributed by atoms with Crippen molar-refractivity contribution in [1.29, 1.82) is 0 Å². The summed E-state index contributed by atoms with van der Waals surface area (Å²) in [4.78, 5) is 73.2. The van der Waals surface area contributed by atoms with E-state index in [2.05, 4.69) is 204 Å². The van der Waals surface area contributed by atoms with Crippen molar-refractivity contribution in [2.24, 2.45) is 0 Å². The SMILES string of the molecule is CC/C=C\C/C=C\C/C=C\C/C=C\C/C=C\CCCCCC(=O)OC[C@H](COP(=O)(O)OC[C@@H](O)COP(=O)(O)OC[C@@H](COC(=O)CCCCCCC/C=C\CCCCCCCC)OC(=O)CCCCC/C=C\C/C=C\C/C=C\C/C=C\C/C=C\CC)OC(=O)CC/C=C\C/C=C\C/C=C\C/C=C\C/C=C\CCCCC. The molecule has 0 aliphatic rings. The summed E-state index contributed by atoms with van der Waals surface area (Å²) in [5.41, 5.74) is 0. The van der Waals surface area contributed by atoms with Crippen LogP contribution in [0.5, 0.6) is 0 Å². The summed E-state index contributed by atoms with van der Waals surface area (Å²) in [6.07, 6.45) is 103. The van der Waals surface area contributed by atoms with Crippen molar-refractivity contribution in [2.45, 2.75) is 329 Å². The van der Waals surface area contributed by atoms with Gasteiger partial charge in [-0.15, -0.1) is 0 Å². The first-order valence-electron chi connectivity index (χ1n) is 42.7. The van der Waals surface area contributed by atoms with E-state index in [0.29, 0.717) is 32.1 Å². The van der Waals surface area contributed by atoms with Crippen LogP contribution in [0.1, 0.15) is 310 Å². The molecule has 112 heavy (non-hydrogen) atoms. The minimum absolute atomic E-state index is 0.0446. The third-order valence-electron chi connectivity index (χ3n) is 17.0. The molecule has 0 spiro atoms. The molecule has 2 unspecified atom stereocenters. The number of aliphatic hydroxyl groups is 1. The second-order valence-electron chi connectivity index (χ2n) is 27.6. The van der Waals surface area contributed by atoms with Gasteiger partial charge >= 0.3 is 39.5 Å². The van der Waals surface area contributed by atoms with E-state index in [-0.39, 0.29) is 25.7 Å². The molecular weight excluding hydrogens is 1450 g/mol. The number of phosphoric ester groups is 2. The Bertz CT molecular complexity index is 2890. The number of carbonyl (C=O) groups is 4. The third kappa shape index (κ3) is 81.9. The summed E-state index contributed by atoms with van der Waals surface area (Å²) >= 11 is 0. The molecule has 0 aromatic carbocycles. The second-order valence-corrected chi connectivity index (χ2v) is 30.6. The van der Waals surface area contributed by atoms with E-state index in [0.717, 1.165) is 167 Å². The summed E-state index contributed by atoms with van der Waals surface area (Å²) < 4.78 is 68.7. The van der Waals surface area contributed by atoms with Gasteiger partial charge < -0.3 is 33.8 Å².